The molecule has 74 valence electrons. The van der Waals surface area contributed by atoms with Crippen molar-refractivity contribution < 1.29 is 9.90 Å². The van der Waals surface area contributed by atoms with Gasteiger partial charge in [0.15, 0.2) is 0 Å². The molecule has 2 rings (SSSR count). The largest absolute Gasteiger partial charge is 0.385 e. The Balaban J connectivity index is 2.34. The summed E-state index contributed by atoms with van der Waals surface area (Å²) in [7, 11) is 0. The molecule has 0 saturated heterocycles. The molecule has 1 aromatic carbocycles. The molecule has 0 radical (unpaired) electrons. The Bertz CT molecular complexity index is 351. The van der Waals surface area contributed by atoms with Crippen LogP contribution in [0.1, 0.15) is 35.7 Å². The van der Waals surface area contributed by atoms with Gasteiger partial charge < -0.3 is 5.11 Å². The first kappa shape index (κ1) is 9.41. The molecular formula is C12H14O2. The zero-order valence-corrected chi connectivity index (χ0v) is 8.23. The number of rotatable bonds is 3. The van der Waals surface area contributed by atoms with Gasteiger partial charge in [-0.1, -0.05) is 18.2 Å². The molecule has 1 aromatic rings. The van der Waals surface area contributed by atoms with E-state index >= 15 is 0 Å². The van der Waals surface area contributed by atoms with Crippen molar-refractivity contribution in [2.24, 2.45) is 5.92 Å². The molecule has 0 bridgehead atoms. The van der Waals surface area contributed by atoms with Crippen LogP contribution in [0, 0.1) is 5.92 Å². The van der Waals surface area contributed by atoms with E-state index < -0.39 is 5.60 Å². The fourth-order valence-corrected chi connectivity index (χ4v) is 1.81. The highest BCUT2D eigenvalue weighted by Gasteiger charge is 2.41. The number of hydrogen-bond donors (Lipinski definition) is 1. The number of aliphatic hydroxyl groups is 1. The van der Waals surface area contributed by atoms with Gasteiger partial charge in [0.1, 0.15) is 6.29 Å². The van der Waals surface area contributed by atoms with Crippen LogP contribution in [-0.2, 0) is 5.60 Å². The van der Waals surface area contributed by atoms with Crippen LogP contribution in [0.5, 0.6) is 0 Å². The van der Waals surface area contributed by atoms with Crippen LogP contribution in [0.2, 0.25) is 0 Å². The molecule has 1 aliphatic carbocycles. The van der Waals surface area contributed by atoms with Crippen LogP contribution in [0.4, 0.5) is 0 Å². The van der Waals surface area contributed by atoms with E-state index in [9.17, 15) is 9.90 Å². The molecule has 0 spiro atoms. The molecular weight excluding hydrogens is 176 g/mol. The Labute approximate surface area is 83.6 Å². The van der Waals surface area contributed by atoms with E-state index in [0.29, 0.717) is 11.5 Å². The summed E-state index contributed by atoms with van der Waals surface area (Å²) in [4.78, 5) is 10.6. The van der Waals surface area contributed by atoms with Gasteiger partial charge in [-0.05, 0) is 37.3 Å². The second kappa shape index (κ2) is 3.21. The van der Waals surface area contributed by atoms with Crippen molar-refractivity contribution in [3.05, 3.63) is 35.4 Å². The summed E-state index contributed by atoms with van der Waals surface area (Å²) in [6.07, 6.45) is 2.98. The summed E-state index contributed by atoms with van der Waals surface area (Å²) in [6, 6.07) is 7.21. The number of aldehydes is 1. The fraction of sp³-hybridized carbons (Fsp3) is 0.417. The average molecular weight is 190 g/mol. The van der Waals surface area contributed by atoms with Crippen molar-refractivity contribution in [1.82, 2.24) is 0 Å². The molecule has 14 heavy (non-hydrogen) atoms. The van der Waals surface area contributed by atoms with Crippen molar-refractivity contribution in [1.29, 1.82) is 0 Å². The van der Waals surface area contributed by atoms with Gasteiger partial charge in [0.05, 0.1) is 5.60 Å². The quantitative estimate of drug-likeness (QED) is 0.741. The monoisotopic (exact) mass is 190 g/mol. The Morgan fingerprint density at radius 3 is 2.79 bits per heavy atom. The molecule has 1 N–H and O–H groups in total. The summed E-state index contributed by atoms with van der Waals surface area (Å²) in [5.74, 6) is 0.365. The molecule has 0 aliphatic heterocycles. The molecule has 0 amide bonds. The third-order valence-electron chi connectivity index (χ3n) is 2.98. The predicted octanol–water partition coefficient (Wildman–Crippen LogP) is 2.12. The van der Waals surface area contributed by atoms with Crippen molar-refractivity contribution in [2.45, 2.75) is 25.4 Å². The lowest BCUT2D eigenvalue weighted by Crippen LogP contribution is -2.23. The average Bonchev–Trinajstić information content (AvgIpc) is 3.01. The van der Waals surface area contributed by atoms with Crippen LogP contribution in [0.25, 0.3) is 0 Å². The van der Waals surface area contributed by atoms with Gasteiger partial charge in [-0.2, -0.15) is 0 Å². The van der Waals surface area contributed by atoms with Crippen LogP contribution in [0.3, 0.4) is 0 Å². The molecule has 0 aromatic heterocycles. The first-order valence-electron chi connectivity index (χ1n) is 4.92. The van der Waals surface area contributed by atoms with E-state index in [-0.39, 0.29) is 0 Å². The predicted molar refractivity (Wildman–Crippen MR) is 54.1 cm³/mol. The second-order valence-electron chi connectivity index (χ2n) is 4.17. The summed E-state index contributed by atoms with van der Waals surface area (Å²) in [5.41, 5.74) is 0.715. The van der Waals surface area contributed by atoms with Crippen molar-refractivity contribution in [3.63, 3.8) is 0 Å². The van der Waals surface area contributed by atoms with E-state index in [4.69, 9.17) is 0 Å². The van der Waals surface area contributed by atoms with Crippen LogP contribution >= 0.6 is 0 Å². The van der Waals surface area contributed by atoms with E-state index in [1.54, 1.807) is 12.1 Å². The molecule has 2 nitrogen and oxygen atoms in total. The van der Waals surface area contributed by atoms with E-state index in [0.717, 1.165) is 24.7 Å². The summed E-state index contributed by atoms with van der Waals surface area (Å²) < 4.78 is 0. The van der Waals surface area contributed by atoms with E-state index in [1.807, 2.05) is 19.1 Å². The van der Waals surface area contributed by atoms with Crippen molar-refractivity contribution in [2.75, 3.05) is 0 Å². The van der Waals surface area contributed by atoms with Crippen LogP contribution in [0.15, 0.2) is 24.3 Å². The van der Waals surface area contributed by atoms with Gasteiger partial charge in [0, 0.05) is 5.56 Å². The summed E-state index contributed by atoms with van der Waals surface area (Å²) in [5, 5.41) is 10.2. The lowest BCUT2D eigenvalue weighted by Gasteiger charge is -2.23. The smallest absolute Gasteiger partial charge is 0.150 e. The number of benzene rings is 1. The molecule has 0 heterocycles. The third-order valence-corrected chi connectivity index (χ3v) is 2.98. The van der Waals surface area contributed by atoms with E-state index in [1.165, 1.54) is 0 Å². The molecule has 2 heteroatoms. The lowest BCUT2D eigenvalue weighted by atomic mass is 9.90. The SMILES string of the molecule is CC(O)(c1cccc(C=O)c1)C1CC1. The van der Waals surface area contributed by atoms with Gasteiger partial charge in [-0.25, -0.2) is 0 Å². The standard InChI is InChI=1S/C12H14O2/c1-12(14,10-5-6-10)11-4-2-3-9(7-11)8-13/h2-4,7-8,10,14H,5-6H2,1H3. The number of carbonyl (C=O) groups is 1. The van der Waals surface area contributed by atoms with Gasteiger partial charge in [-0.3, -0.25) is 4.79 Å². The number of hydrogen-bond acceptors (Lipinski definition) is 2. The minimum Gasteiger partial charge on any atom is -0.385 e. The fourth-order valence-electron chi connectivity index (χ4n) is 1.81. The van der Waals surface area contributed by atoms with E-state index in [2.05, 4.69) is 0 Å². The first-order chi connectivity index (χ1) is 6.64. The summed E-state index contributed by atoms with van der Waals surface area (Å²) in [6.45, 7) is 1.83. The Hall–Kier alpha value is -1.15. The van der Waals surface area contributed by atoms with Crippen molar-refractivity contribution in [3.8, 4) is 0 Å². The zero-order valence-electron chi connectivity index (χ0n) is 8.23. The second-order valence-corrected chi connectivity index (χ2v) is 4.17. The van der Waals surface area contributed by atoms with Crippen molar-refractivity contribution >= 4 is 6.29 Å². The highest BCUT2D eigenvalue weighted by molar-refractivity contribution is 5.75. The van der Waals surface area contributed by atoms with Gasteiger partial charge >= 0.3 is 0 Å². The minimum absolute atomic E-state index is 0.365. The molecule has 1 fully saturated rings. The van der Waals surface area contributed by atoms with Gasteiger partial charge in [0.25, 0.3) is 0 Å². The topological polar surface area (TPSA) is 37.3 Å². The highest BCUT2D eigenvalue weighted by atomic mass is 16.3. The molecule has 1 saturated carbocycles. The maximum absolute atomic E-state index is 10.6. The molecule has 1 aliphatic rings. The third kappa shape index (κ3) is 1.58. The first-order valence-corrected chi connectivity index (χ1v) is 4.92. The Morgan fingerprint density at radius 1 is 1.50 bits per heavy atom. The Kier molecular flexibility index (Phi) is 2.16. The maximum atomic E-state index is 10.6. The normalized spacial score (nSPS) is 20.1. The number of carbonyl (C=O) groups excluding carboxylic acids is 1. The Morgan fingerprint density at radius 2 is 2.21 bits per heavy atom. The molecule has 1 unspecified atom stereocenters. The summed E-state index contributed by atoms with van der Waals surface area (Å²) >= 11 is 0. The van der Waals surface area contributed by atoms with Crippen LogP contribution in [-0.4, -0.2) is 11.4 Å². The lowest BCUT2D eigenvalue weighted by molar-refractivity contribution is 0.0330. The molecule has 1 atom stereocenters. The zero-order chi connectivity index (χ0) is 10.2. The highest BCUT2D eigenvalue weighted by Crippen LogP contribution is 2.45. The minimum atomic E-state index is -0.765. The van der Waals surface area contributed by atoms with Crippen LogP contribution < -0.4 is 0 Å². The van der Waals surface area contributed by atoms with Gasteiger partial charge in [0.2, 0.25) is 0 Å². The van der Waals surface area contributed by atoms with Gasteiger partial charge in [-0.15, -0.1) is 0 Å². The maximum Gasteiger partial charge on any atom is 0.150 e.